The Morgan fingerprint density at radius 1 is 1.04 bits per heavy atom. The molecule has 2 N–H and O–H groups in total. The van der Waals surface area contributed by atoms with Crippen molar-refractivity contribution in [2.45, 2.75) is 13.8 Å². The van der Waals surface area contributed by atoms with Gasteiger partial charge in [0, 0.05) is 10.0 Å². The number of hydrogen-bond acceptors (Lipinski definition) is 2. The van der Waals surface area contributed by atoms with Crippen LogP contribution in [-0.2, 0) is 0 Å². The highest BCUT2D eigenvalue weighted by Gasteiger charge is 2.44. The Bertz CT molecular complexity index is 930. The number of aryl methyl sites for hydroxylation is 1. The first-order chi connectivity index (χ1) is 11.6. The molecule has 2 aromatic rings. The monoisotopic (exact) mass is 410 g/mol. The summed E-state index contributed by atoms with van der Waals surface area (Å²) in [7, 11) is 1.51. The summed E-state index contributed by atoms with van der Waals surface area (Å²) < 4.78 is 42.3. The fourth-order valence-corrected chi connectivity index (χ4v) is 3.66. The molecule has 0 fully saturated rings. The maximum Gasteiger partial charge on any atom is 0.240 e. The van der Waals surface area contributed by atoms with E-state index in [1.807, 2.05) is 0 Å². The van der Waals surface area contributed by atoms with E-state index in [2.05, 4.69) is 21.0 Å². The zero-order valence-corrected chi connectivity index (χ0v) is 15.5. The lowest BCUT2D eigenvalue weighted by Gasteiger charge is -2.24. The van der Waals surface area contributed by atoms with Crippen LogP contribution in [0, 0.1) is 24.4 Å². The SMILES string of the molecule is CC1=N[N+](C)(c2c(F)cc(C)cc2F)C(N)=C1c1ccc(F)cc1Br. The third kappa shape index (κ3) is 2.77. The Morgan fingerprint density at radius 3 is 2.20 bits per heavy atom. The van der Waals surface area contributed by atoms with Gasteiger partial charge >= 0.3 is 0 Å². The number of halogens is 4. The fraction of sp³-hybridized carbons (Fsp3) is 0.167. The lowest BCUT2D eigenvalue weighted by Crippen LogP contribution is -2.41. The van der Waals surface area contributed by atoms with Gasteiger partial charge in [-0.15, -0.1) is 4.59 Å². The van der Waals surface area contributed by atoms with Gasteiger partial charge < -0.3 is 5.73 Å². The Kier molecular flexibility index (Phi) is 4.25. The summed E-state index contributed by atoms with van der Waals surface area (Å²) in [5.41, 5.74) is 8.13. The summed E-state index contributed by atoms with van der Waals surface area (Å²) in [5, 5.41) is 4.40. The van der Waals surface area contributed by atoms with E-state index in [9.17, 15) is 13.2 Å². The second-order valence-corrected chi connectivity index (χ2v) is 6.96. The van der Waals surface area contributed by atoms with E-state index in [1.54, 1.807) is 19.9 Å². The molecular formula is C18H16BrF3N3+. The number of benzene rings is 2. The zero-order chi connectivity index (χ0) is 18.5. The van der Waals surface area contributed by atoms with E-state index in [4.69, 9.17) is 5.73 Å². The van der Waals surface area contributed by atoms with Crippen molar-refractivity contribution in [2.24, 2.45) is 10.8 Å². The quantitative estimate of drug-likeness (QED) is 0.707. The number of hydrogen-bond donors (Lipinski definition) is 1. The smallest absolute Gasteiger partial charge is 0.240 e. The molecule has 0 bridgehead atoms. The zero-order valence-electron chi connectivity index (χ0n) is 13.9. The summed E-state index contributed by atoms with van der Waals surface area (Å²) >= 11 is 3.30. The van der Waals surface area contributed by atoms with Crippen molar-refractivity contribution in [3.05, 3.63) is 69.2 Å². The van der Waals surface area contributed by atoms with Crippen LogP contribution in [0.15, 0.2) is 45.7 Å². The van der Waals surface area contributed by atoms with E-state index in [1.165, 1.54) is 31.3 Å². The molecular weight excluding hydrogens is 395 g/mol. The summed E-state index contributed by atoms with van der Waals surface area (Å²) in [6.45, 7) is 3.31. The van der Waals surface area contributed by atoms with Crippen molar-refractivity contribution in [1.82, 2.24) is 4.59 Å². The van der Waals surface area contributed by atoms with Crippen LogP contribution in [0.3, 0.4) is 0 Å². The van der Waals surface area contributed by atoms with Crippen molar-refractivity contribution in [2.75, 3.05) is 7.05 Å². The molecule has 1 aliphatic heterocycles. The van der Waals surface area contributed by atoms with Crippen molar-refractivity contribution in [3.63, 3.8) is 0 Å². The maximum atomic E-state index is 14.5. The lowest BCUT2D eigenvalue weighted by molar-refractivity contribution is 0.397. The first kappa shape index (κ1) is 17.7. The summed E-state index contributed by atoms with van der Waals surface area (Å²) in [6, 6.07) is 6.64. The first-order valence-electron chi connectivity index (χ1n) is 7.51. The molecule has 0 amide bonds. The number of nitrogens with zero attached hydrogens (tertiary/aromatic N) is 2. The standard InChI is InChI=1S/C18H16BrF3N3/c1-9-6-14(21)17(15(22)7-9)25(3)18(23)16(10(2)24-25)12-5-4-11(20)8-13(12)19/h4-8H,23H2,1-3H3/q+1. The molecule has 0 spiro atoms. The summed E-state index contributed by atoms with van der Waals surface area (Å²) in [6.07, 6.45) is 0. The van der Waals surface area contributed by atoms with Crippen LogP contribution in [-0.4, -0.2) is 12.8 Å². The van der Waals surface area contributed by atoms with Crippen molar-refractivity contribution < 1.29 is 13.2 Å². The average molecular weight is 411 g/mol. The molecule has 3 rings (SSSR count). The largest absolute Gasteiger partial charge is 0.352 e. The Balaban J connectivity index is 2.25. The van der Waals surface area contributed by atoms with Gasteiger partial charge in [0.1, 0.15) is 18.6 Å². The highest BCUT2D eigenvalue weighted by Crippen LogP contribution is 2.41. The highest BCUT2D eigenvalue weighted by atomic mass is 79.9. The van der Waals surface area contributed by atoms with Crippen LogP contribution in [0.5, 0.6) is 0 Å². The number of quaternary nitrogens is 1. The Hall–Kier alpha value is -2.12. The van der Waals surface area contributed by atoms with Crippen molar-refractivity contribution >= 4 is 32.9 Å². The highest BCUT2D eigenvalue weighted by molar-refractivity contribution is 9.10. The molecule has 1 unspecified atom stereocenters. The molecule has 3 nitrogen and oxygen atoms in total. The van der Waals surface area contributed by atoms with Crippen LogP contribution in [0.25, 0.3) is 5.57 Å². The van der Waals surface area contributed by atoms with Gasteiger partial charge in [0.2, 0.25) is 11.5 Å². The van der Waals surface area contributed by atoms with Crippen molar-refractivity contribution in [1.29, 1.82) is 0 Å². The Labute approximate surface area is 152 Å². The molecule has 1 aliphatic rings. The summed E-state index contributed by atoms with van der Waals surface area (Å²) in [4.78, 5) is 0. The van der Waals surface area contributed by atoms with Gasteiger partial charge in [-0.2, -0.15) is 0 Å². The molecule has 25 heavy (non-hydrogen) atoms. The van der Waals surface area contributed by atoms with Gasteiger partial charge in [-0.05, 0) is 49.7 Å². The van der Waals surface area contributed by atoms with E-state index >= 15 is 0 Å². The predicted octanol–water partition coefficient (Wildman–Crippen LogP) is 4.83. The lowest BCUT2D eigenvalue weighted by atomic mass is 10.0. The second kappa shape index (κ2) is 6.00. The van der Waals surface area contributed by atoms with E-state index < -0.39 is 22.0 Å². The minimum atomic E-state index is -0.723. The minimum Gasteiger partial charge on any atom is -0.352 e. The normalized spacial score (nSPS) is 20.2. The van der Waals surface area contributed by atoms with Crippen molar-refractivity contribution in [3.8, 4) is 0 Å². The van der Waals surface area contributed by atoms with E-state index in [-0.39, 0.29) is 11.5 Å². The van der Waals surface area contributed by atoms with Gasteiger partial charge in [-0.3, -0.25) is 0 Å². The first-order valence-corrected chi connectivity index (χ1v) is 8.30. The van der Waals surface area contributed by atoms with Crippen LogP contribution in [0.4, 0.5) is 18.9 Å². The van der Waals surface area contributed by atoms with Crippen LogP contribution < -0.4 is 10.3 Å². The van der Waals surface area contributed by atoms with Crippen LogP contribution >= 0.6 is 15.9 Å². The molecule has 130 valence electrons. The van der Waals surface area contributed by atoms with E-state index in [0.717, 1.165) is 0 Å². The topological polar surface area (TPSA) is 38.4 Å². The number of nitrogens with two attached hydrogens (primary N) is 1. The van der Waals surface area contributed by atoms with Gasteiger partial charge in [0.25, 0.3) is 0 Å². The van der Waals surface area contributed by atoms with E-state index in [0.29, 0.717) is 26.9 Å². The summed E-state index contributed by atoms with van der Waals surface area (Å²) in [5.74, 6) is -1.69. The third-order valence-electron chi connectivity index (χ3n) is 4.23. The number of allylic oxidation sites excluding steroid dienone is 1. The molecule has 1 heterocycles. The van der Waals surface area contributed by atoms with Crippen LogP contribution in [0.2, 0.25) is 0 Å². The molecule has 0 radical (unpaired) electrons. The van der Waals surface area contributed by atoms with Gasteiger partial charge in [0.05, 0.1) is 5.57 Å². The fourth-order valence-electron chi connectivity index (χ4n) is 3.11. The maximum absolute atomic E-state index is 14.5. The van der Waals surface area contributed by atoms with Gasteiger partial charge in [-0.25, -0.2) is 13.2 Å². The molecule has 1 atom stereocenters. The average Bonchev–Trinajstić information content (AvgIpc) is 2.69. The molecule has 2 aromatic carbocycles. The van der Waals surface area contributed by atoms with Gasteiger partial charge in [0.15, 0.2) is 11.6 Å². The molecule has 0 saturated heterocycles. The molecule has 0 aliphatic carbocycles. The minimum absolute atomic E-state index is 0.159. The third-order valence-corrected chi connectivity index (χ3v) is 4.89. The molecule has 7 heteroatoms. The van der Waals surface area contributed by atoms with Crippen LogP contribution in [0.1, 0.15) is 18.1 Å². The Morgan fingerprint density at radius 2 is 1.64 bits per heavy atom. The molecule has 0 aromatic heterocycles. The second-order valence-electron chi connectivity index (χ2n) is 6.11. The molecule has 0 saturated carbocycles. The predicted molar refractivity (Wildman–Crippen MR) is 97.1 cm³/mol. The van der Waals surface area contributed by atoms with Gasteiger partial charge in [-0.1, -0.05) is 21.0 Å². The number of rotatable bonds is 2.